The third-order valence-electron chi connectivity index (χ3n) is 12.0. The van der Waals surface area contributed by atoms with Crippen molar-refractivity contribution in [3.05, 3.63) is 218 Å². The minimum atomic E-state index is -0.199. The van der Waals surface area contributed by atoms with E-state index in [-0.39, 0.29) is 30.9 Å². The summed E-state index contributed by atoms with van der Waals surface area (Å²) < 4.78 is 9.14. The molecule has 67 heavy (non-hydrogen) atoms. The number of rotatable bonds is 6. The Morgan fingerprint density at radius 2 is 1.18 bits per heavy atom. The molecule has 0 saturated carbocycles. The van der Waals surface area contributed by atoms with Crippen LogP contribution >= 0.6 is 0 Å². The Hall–Kier alpha value is -7.24. The van der Waals surface area contributed by atoms with E-state index in [4.69, 9.17) is 9.40 Å². The van der Waals surface area contributed by atoms with Gasteiger partial charge in [-0.1, -0.05) is 168 Å². The Labute approximate surface area is 406 Å². The normalized spacial score (nSPS) is 11.6. The molecule has 3 aromatic heterocycles. The maximum absolute atomic E-state index is 6.79. The van der Waals surface area contributed by atoms with Crippen LogP contribution in [0.3, 0.4) is 0 Å². The first-order valence-electron chi connectivity index (χ1n) is 22.5. The van der Waals surface area contributed by atoms with Gasteiger partial charge in [0.1, 0.15) is 5.58 Å². The van der Waals surface area contributed by atoms with E-state index in [0.29, 0.717) is 0 Å². The van der Waals surface area contributed by atoms with Gasteiger partial charge in [0.25, 0.3) is 0 Å². The fourth-order valence-electron chi connectivity index (χ4n) is 8.66. The molecular weight excluding hydrogens is 997 g/mol. The molecule has 0 fully saturated rings. The van der Waals surface area contributed by atoms with Crippen molar-refractivity contribution in [2.75, 3.05) is 0 Å². The van der Waals surface area contributed by atoms with Crippen LogP contribution in [-0.4, -0.2) is 19.5 Å². The van der Waals surface area contributed by atoms with Gasteiger partial charge in [-0.3, -0.25) is 15.0 Å². The third-order valence-corrected chi connectivity index (χ3v) is 12.0. The zero-order valence-corrected chi connectivity index (χ0v) is 40.9. The van der Waals surface area contributed by atoms with Crippen molar-refractivity contribution < 1.29 is 24.5 Å². The van der Waals surface area contributed by atoms with Crippen LogP contribution in [0.2, 0.25) is 0 Å². The molecule has 6 heteroatoms. The molecule has 1 radical (unpaired) electrons. The Bertz CT molecular complexity index is 3470. The zero-order chi connectivity index (χ0) is 45.4. The van der Waals surface area contributed by atoms with Gasteiger partial charge in [0.05, 0.1) is 34.0 Å². The summed E-state index contributed by atoms with van der Waals surface area (Å²) in [6.07, 6.45) is 1.81. The molecule has 0 aliphatic rings. The van der Waals surface area contributed by atoms with Gasteiger partial charge in [-0.25, -0.2) is 0 Å². The molecule has 3 heterocycles. The number of imidazole rings is 1. The topological polar surface area (TPSA) is 56.7 Å². The molecule has 0 saturated heterocycles. The predicted octanol–water partition coefficient (Wildman–Crippen LogP) is 15.9. The van der Waals surface area contributed by atoms with Crippen molar-refractivity contribution in [1.29, 1.82) is 0 Å². The van der Waals surface area contributed by atoms with E-state index in [9.17, 15) is 0 Å². The van der Waals surface area contributed by atoms with Crippen LogP contribution in [0.15, 0.2) is 199 Å². The molecule has 8 aromatic carbocycles. The van der Waals surface area contributed by atoms with Gasteiger partial charge >= 0.3 is 0 Å². The molecule has 0 amide bonds. The fourth-order valence-corrected chi connectivity index (χ4v) is 8.66. The fraction of sp³-hybridized carbons (Fsp3) is 0.131. The Morgan fingerprint density at radius 3 is 1.85 bits per heavy atom. The van der Waals surface area contributed by atoms with E-state index in [1.54, 1.807) is 0 Å². The SMILES string of the molecule is CC(C)(C)c1cc(-c2ccccc2)cc(-c2ccccc2)c1-n1c(-c2[c-]ccc3c2oc2cc(-c4ccccc4)ccc23)nc2ccccc21.CC(C)(C)c1ccnc(-c2[c-]cccc2)n1.[Ir]. The molecule has 331 valence electrons. The Kier molecular flexibility index (Phi) is 12.5. The van der Waals surface area contributed by atoms with E-state index in [2.05, 4.69) is 214 Å². The summed E-state index contributed by atoms with van der Waals surface area (Å²) in [5.41, 5.74) is 15.5. The molecule has 11 aromatic rings. The second-order valence-electron chi connectivity index (χ2n) is 18.7. The van der Waals surface area contributed by atoms with E-state index in [1.165, 1.54) is 16.7 Å². The van der Waals surface area contributed by atoms with Crippen LogP contribution in [0.5, 0.6) is 0 Å². The maximum Gasteiger partial charge on any atom is 0.121 e. The van der Waals surface area contributed by atoms with Crippen molar-refractivity contribution in [3.63, 3.8) is 0 Å². The summed E-state index contributed by atoms with van der Waals surface area (Å²) in [4.78, 5) is 14.2. The van der Waals surface area contributed by atoms with Gasteiger partial charge in [-0.05, 0) is 75.2 Å². The second-order valence-corrected chi connectivity index (χ2v) is 18.7. The number of benzene rings is 8. The second kappa shape index (κ2) is 18.6. The van der Waals surface area contributed by atoms with Crippen LogP contribution in [-0.2, 0) is 30.9 Å². The van der Waals surface area contributed by atoms with Gasteiger partial charge < -0.3 is 8.98 Å². The van der Waals surface area contributed by atoms with Gasteiger partial charge in [0, 0.05) is 48.4 Å². The molecule has 0 atom stereocenters. The van der Waals surface area contributed by atoms with Crippen molar-refractivity contribution in [3.8, 4) is 61.8 Å². The number of nitrogens with zero attached hydrogens (tertiary/aromatic N) is 4. The van der Waals surface area contributed by atoms with Gasteiger partial charge in [0.15, 0.2) is 0 Å². The average molecular weight is 1050 g/mol. The van der Waals surface area contributed by atoms with Gasteiger partial charge in [0.2, 0.25) is 0 Å². The smallest absolute Gasteiger partial charge is 0.121 e. The van der Waals surface area contributed by atoms with Crippen molar-refractivity contribution in [2.24, 2.45) is 0 Å². The Balaban J connectivity index is 0.000000281. The first-order valence-corrected chi connectivity index (χ1v) is 22.5. The number of hydrogen-bond donors (Lipinski definition) is 0. The minimum Gasteiger partial charge on any atom is -0.501 e. The molecule has 0 spiro atoms. The first kappa shape index (κ1) is 44.9. The van der Waals surface area contributed by atoms with Crippen molar-refractivity contribution >= 4 is 33.0 Å². The predicted molar refractivity (Wildman–Crippen MR) is 273 cm³/mol. The van der Waals surface area contributed by atoms with E-state index < -0.39 is 0 Å². The molecule has 11 rings (SSSR count). The molecule has 0 aliphatic carbocycles. The standard InChI is InChI=1S/C47H35N2O.C14H15N2.Ir/c1-47(2,3)40-29-35(32-18-9-5-10-19-32)28-39(33-20-11-6-12-21-33)44(40)49-42-25-14-13-24-41(42)48-46(49)38-23-15-22-37-36-27-26-34(30-43(36)50-45(37)38)31-16-7-4-8-17-31;1-14(2,3)12-9-10-15-13(16-12)11-7-5-4-6-8-11;/h4-22,24-30H,1-3H3;4-7,9-10H,1-3H3;/q2*-1;. The molecule has 0 aliphatic heterocycles. The summed E-state index contributed by atoms with van der Waals surface area (Å²) in [5.74, 6) is 1.54. The van der Waals surface area contributed by atoms with Crippen molar-refractivity contribution in [1.82, 2.24) is 19.5 Å². The Morgan fingerprint density at radius 1 is 0.522 bits per heavy atom. The third kappa shape index (κ3) is 9.03. The summed E-state index contributed by atoms with van der Waals surface area (Å²) in [5, 5.41) is 2.12. The zero-order valence-electron chi connectivity index (χ0n) is 38.5. The minimum absolute atomic E-state index is 0. The number of para-hydroxylation sites is 2. The quantitative estimate of drug-likeness (QED) is 0.156. The maximum atomic E-state index is 6.79. The van der Waals surface area contributed by atoms with Crippen LogP contribution in [0, 0.1) is 12.1 Å². The van der Waals surface area contributed by atoms with Crippen LogP contribution in [0.25, 0.3) is 94.8 Å². The molecular formula is C61H50IrN4O-2. The van der Waals surface area contributed by atoms with Crippen LogP contribution in [0.1, 0.15) is 52.8 Å². The summed E-state index contributed by atoms with van der Waals surface area (Å²) in [6, 6.07) is 72.0. The summed E-state index contributed by atoms with van der Waals surface area (Å²) in [7, 11) is 0. The van der Waals surface area contributed by atoms with E-state index in [0.717, 1.165) is 89.4 Å². The average Bonchev–Trinajstić information content (AvgIpc) is 3.93. The van der Waals surface area contributed by atoms with Gasteiger partial charge in [-0.2, -0.15) is 0 Å². The largest absolute Gasteiger partial charge is 0.501 e. The van der Waals surface area contributed by atoms with Gasteiger partial charge in [-0.15, -0.1) is 54.1 Å². The number of aromatic nitrogens is 4. The molecule has 5 nitrogen and oxygen atoms in total. The van der Waals surface area contributed by atoms with Crippen LogP contribution < -0.4 is 0 Å². The molecule has 0 bridgehead atoms. The van der Waals surface area contributed by atoms with Crippen molar-refractivity contribution in [2.45, 2.75) is 52.4 Å². The number of furan rings is 1. The van der Waals surface area contributed by atoms with E-state index in [1.807, 2.05) is 48.7 Å². The molecule has 0 unspecified atom stereocenters. The summed E-state index contributed by atoms with van der Waals surface area (Å²) in [6.45, 7) is 13.3. The summed E-state index contributed by atoms with van der Waals surface area (Å²) >= 11 is 0. The molecule has 0 N–H and O–H groups in total. The van der Waals surface area contributed by atoms with E-state index >= 15 is 0 Å². The number of fused-ring (bicyclic) bond motifs is 4. The number of hydrogen-bond acceptors (Lipinski definition) is 4. The monoisotopic (exact) mass is 1050 g/mol. The first-order chi connectivity index (χ1) is 32.0. The van der Waals surface area contributed by atoms with Crippen LogP contribution in [0.4, 0.5) is 0 Å².